The second-order valence-electron chi connectivity index (χ2n) is 8.68. The number of aromatic amines is 1. The number of carbonyl (C=O) groups is 2. The van der Waals surface area contributed by atoms with Gasteiger partial charge in [-0.1, -0.05) is 12.1 Å². The van der Waals surface area contributed by atoms with Gasteiger partial charge in [-0.2, -0.15) is 0 Å². The Balaban J connectivity index is 1.70. The van der Waals surface area contributed by atoms with Gasteiger partial charge >= 0.3 is 5.91 Å². The highest BCUT2D eigenvalue weighted by Crippen LogP contribution is 2.42. The molecule has 2 N–H and O–H groups in total. The number of H-pyrrole nitrogens is 1. The third kappa shape index (κ3) is 4.05. The molecule has 0 aliphatic carbocycles. The van der Waals surface area contributed by atoms with E-state index >= 15 is 0 Å². The molecule has 0 saturated carbocycles. The second-order valence-corrected chi connectivity index (χ2v) is 8.68. The van der Waals surface area contributed by atoms with Crippen molar-refractivity contribution in [3.8, 4) is 0 Å². The van der Waals surface area contributed by atoms with Crippen LogP contribution in [-0.2, 0) is 9.59 Å². The van der Waals surface area contributed by atoms with Crippen LogP contribution in [0.4, 0.5) is 21.7 Å². The van der Waals surface area contributed by atoms with Crippen LogP contribution >= 0.6 is 0 Å². The summed E-state index contributed by atoms with van der Waals surface area (Å²) in [5.74, 6) is -2.88. The number of hydrogen-bond donors (Lipinski definition) is 2. The van der Waals surface area contributed by atoms with Crippen molar-refractivity contribution in [1.29, 1.82) is 0 Å². The average Bonchev–Trinajstić information content (AvgIpc) is 3.41. The highest BCUT2D eigenvalue weighted by Gasteiger charge is 2.48. The zero-order chi connectivity index (χ0) is 26.4. The van der Waals surface area contributed by atoms with Crippen LogP contribution in [0.3, 0.4) is 0 Å². The Morgan fingerprint density at radius 3 is 2.38 bits per heavy atom. The van der Waals surface area contributed by atoms with Crippen LogP contribution in [0.1, 0.15) is 17.2 Å². The zero-order valence-electron chi connectivity index (χ0n) is 19.7. The number of nitro benzene ring substituents is 1. The Morgan fingerprint density at radius 2 is 1.76 bits per heavy atom. The lowest BCUT2D eigenvalue weighted by Gasteiger charge is -2.23. The maximum atomic E-state index is 13.8. The fourth-order valence-corrected chi connectivity index (χ4v) is 4.30. The van der Waals surface area contributed by atoms with E-state index < -0.39 is 34.2 Å². The molecule has 5 rings (SSSR count). The zero-order valence-corrected chi connectivity index (χ0v) is 19.7. The molecule has 1 fully saturated rings. The number of benzene rings is 3. The van der Waals surface area contributed by atoms with E-state index in [0.717, 1.165) is 10.6 Å². The number of ketones is 1. The summed E-state index contributed by atoms with van der Waals surface area (Å²) in [6, 6.07) is 14.9. The number of halogens is 1. The van der Waals surface area contributed by atoms with Gasteiger partial charge in [0.05, 0.1) is 27.6 Å². The third-order valence-electron chi connectivity index (χ3n) is 6.18. The Hall–Kier alpha value is -5.06. The van der Waals surface area contributed by atoms with Crippen LogP contribution in [-0.4, -0.2) is 45.8 Å². The number of nitro groups is 1. The minimum absolute atomic E-state index is 0.00661. The topological polar surface area (TPSA) is 133 Å². The number of Topliss-reactive ketones (excluding diaryl/α,β-unsaturated/α-hetero) is 1. The maximum Gasteiger partial charge on any atom is 0.302 e. The fraction of sp³-hybridized carbons (Fsp3) is 0.115. The molecule has 3 aromatic carbocycles. The van der Waals surface area contributed by atoms with Gasteiger partial charge in [0, 0.05) is 37.5 Å². The number of aromatic nitrogens is 2. The lowest BCUT2D eigenvalue weighted by Crippen LogP contribution is -2.30. The van der Waals surface area contributed by atoms with Gasteiger partial charge in [0.2, 0.25) is 5.95 Å². The molecule has 186 valence electrons. The van der Waals surface area contributed by atoms with E-state index in [1.54, 1.807) is 24.3 Å². The highest BCUT2D eigenvalue weighted by atomic mass is 19.1. The standard InChI is InChI=1S/C26H20FN5O5/c1-30(2)17-8-3-14(4-9-17)22-21(23(33)15-5-10-18(11-6-15)32(36)37)24(34)25(35)31(22)26-28-19-12-7-16(27)13-20(19)29-26/h3-13,22,33H,1-2H3,(H,28,29)/b23-21+. The first-order valence-corrected chi connectivity index (χ1v) is 11.1. The Kier molecular flexibility index (Phi) is 5.67. The number of rotatable bonds is 5. The molecular formula is C26H20FN5O5. The largest absolute Gasteiger partial charge is 0.507 e. The van der Waals surface area contributed by atoms with Gasteiger partial charge in [0.1, 0.15) is 11.6 Å². The van der Waals surface area contributed by atoms with Crippen LogP contribution < -0.4 is 9.80 Å². The summed E-state index contributed by atoms with van der Waals surface area (Å²) in [6.07, 6.45) is 0. The molecule has 1 unspecified atom stereocenters. The van der Waals surface area contributed by atoms with Crippen LogP contribution in [0.25, 0.3) is 16.8 Å². The predicted octanol–water partition coefficient (Wildman–Crippen LogP) is 4.30. The molecule has 1 aliphatic rings. The summed E-state index contributed by atoms with van der Waals surface area (Å²) in [5.41, 5.74) is 1.83. The number of hydrogen-bond acceptors (Lipinski definition) is 7. The lowest BCUT2D eigenvalue weighted by molar-refractivity contribution is -0.384. The summed E-state index contributed by atoms with van der Waals surface area (Å²) in [6.45, 7) is 0. The molecule has 1 aromatic heterocycles. The van der Waals surface area contributed by atoms with E-state index in [1.165, 1.54) is 42.5 Å². The van der Waals surface area contributed by atoms with Gasteiger partial charge in [0.25, 0.3) is 11.5 Å². The van der Waals surface area contributed by atoms with Crippen molar-refractivity contribution in [1.82, 2.24) is 9.97 Å². The molecule has 1 saturated heterocycles. The van der Waals surface area contributed by atoms with Crippen molar-refractivity contribution in [3.05, 3.63) is 99.4 Å². The number of anilines is 2. The normalized spacial score (nSPS) is 16.9. The maximum absolute atomic E-state index is 13.8. The first-order chi connectivity index (χ1) is 17.7. The number of nitrogens with one attached hydrogen (secondary N) is 1. The molecule has 1 aliphatic heterocycles. The Bertz CT molecular complexity index is 1590. The summed E-state index contributed by atoms with van der Waals surface area (Å²) in [5, 5.41) is 22.2. The molecule has 0 bridgehead atoms. The minimum Gasteiger partial charge on any atom is -0.507 e. The molecule has 1 atom stereocenters. The Morgan fingerprint density at radius 1 is 1.08 bits per heavy atom. The monoisotopic (exact) mass is 501 g/mol. The van der Waals surface area contributed by atoms with Gasteiger partial charge in [-0.3, -0.25) is 24.6 Å². The van der Waals surface area contributed by atoms with Gasteiger partial charge < -0.3 is 15.0 Å². The molecule has 10 nitrogen and oxygen atoms in total. The predicted molar refractivity (Wildman–Crippen MR) is 135 cm³/mol. The van der Waals surface area contributed by atoms with Crippen molar-refractivity contribution in [3.63, 3.8) is 0 Å². The quantitative estimate of drug-likeness (QED) is 0.137. The summed E-state index contributed by atoms with van der Waals surface area (Å²) < 4.78 is 13.8. The number of non-ortho nitro benzene ring substituents is 1. The number of fused-ring (bicyclic) bond motifs is 1. The fourth-order valence-electron chi connectivity index (χ4n) is 4.30. The lowest BCUT2D eigenvalue weighted by atomic mass is 9.95. The van der Waals surface area contributed by atoms with E-state index in [1.807, 2.05) is 19.0 Å². The van der Waals surface area contributed by atoms with Gasteiger partial charge in [-0.05, 0) is 48.0 Å². The van der Waals surface area contributed by atoms with Crippen molar-refractivity contribution in [2.24, 2.45) is 0 Å². The smallest absolute Gasteiger partial charge is 0.302 e. The number of nitrogens with zero attached hydrogens (tertiary/aromatic N) is 4. The Labute approximate surface area is 209 Å². The summed E-state index contributed by atoms with van der Waals surface area (Å²) in [4.78, 5) is 47.3. The van der Waals surface area contributed by atoms with E-state index in [4.69, 9.17) is 0 Å². The van der Waals surface area contributed by atoms with Crippen LogP contribution in [0, 0.1) is 15.9 Å². The van der Waals surface area contributed by atoms with Gasteiger partial charge in [0.15, 0.2) is 0 Å². The van der Waals surface area contributed by atoms with Crippen molar-refractivity contribution < 1.29 is 24.0 Å². The highest BCUT2D eigenvalue weighted by molar-refractivity contribution is 6.51. The van der Waals surface area contributed by atoms with Crippen molar-refractivity contribution in [2.45, 2.75) is 6.04 Å². The van der Waals surface area contributed by atoms with Crippen molar-refractivity contribution >= 4 is 45.8 Å². The summed E-state index contributed by atoms with van der Waals surface area (Å²) >= 11 is 0. The van der Waals surface area contributed by atoms with Gasteiger partial charge in [-0.15, -0.1) is 0 Å². The number of imidazole rings is 1. The van der Waals surface area contributed by atoms with E-state index in [0.29, 0.717) is 16.6 Å². The summed E-state index contributed by atoms with van der Waals surface area (Å²) in [7, 11) is 3.73. The van der Waals surface area contributed by atoms with E-state index in [2.05, 4.69) is 9.97 Å². The molecule has 2 heterocycles. The van der Waals surface area contributed by atoms with Gasteiger partial charge in [-0.25, -0.2) is 9.37 Å². The SMILES string of the molecule is CN(C)c1ccc(C2/C(=C(\O)c3ccc([N+](=O)[O-])cc3)C(=O)C(=O)N2c2nc3ccc(F)cc3[nH]2)cc1. The molecular weight excluding hydrogens is 481 g/mol. The third-order valence-corrected chi connectivity index (χ3v) is 6.18. The molecule has 0 spiro atoms. The number of aliphatic hydroxyl groups excluding tert-OH is 1. The number of aliphatic hydroxyl groups is 1. The van der Waals surface area contributed by atoms with Crippen LogP contribution in [0.15, 0.2) is 72.3 Å². The van der Waals surface area contributed by atoms with E-state index in [9.17, 15) is 29.2 Å². The molecule has 37 heavy (non-hydrogen) atoms. The van der Waals surface area contributed by atoms with Crippen LogP contribution in [0.2, 0.25) is 0 Å². The molecule has 1 amide bonds. The minimum atomic E-state index is -1.07. The molecule has 0 radical (unpaired) electrons. The molecule has 11 heteroatoms. The number of carbonyl (C=O) groups excluding carboxylic acids is 2. The second kappa shape index (κ2) is 8.86. The molecule has 4 aromatic rings. The number of amides is 1. The average molecular weight is 501 g/mol. The van der Waals surface area contributed by atoms with Crippen LogP contribution in [0.5, 0.6) is 0 Å². The first-order valence-electron chi connectivity index (χ1n) is 11.1. The van der Waals surface area contributed by atoms with E-state index in [-0.39, 0.29) is 22.8 Å². The first kappa shape index (κ1) is 23.7. The van der Waals surface area contributed by atoms with Crippen molar-refractivity contribution in [2.75, 3.05) is 23.9 Å².